The molecular weight excluding hydrogens is 334 g/mol. The van der Waals surface area contributed by atoms with Crippen LogP contribution in [0.3, 0.4) is 0 Å². The first-order chi connectivity index (χ1) is 11.7. The summed E-state index contributed by atoms with van der Waals surface area (Å²) >= 11 is 1.70. The molecule has 24 heavy (non-hydrogen) atoms. The van der Waals surface area contributed by atoms with Gasteiger partial charge in [0, 0.05) is 11.1 Å². The molecule has 0 amide bonds. The van der Waals surface area contributed by atoms with Crippen molar-refractivity contribution in [2.45, 2.75) is 32.2 Å². The van der Waals surface area contributed by atoms with Gasteiger partial charge in [-0.1, -0.05) is 0 Å². The molecule has 0 aliphatic heterocycles. The fourth-order valence-electron chi connectivity index (χ4n) is 3.31. The number of rotatable bonds is 2. The minimum absolute atomic E-state index is 0.200. The molecule has 0 fully saturated rings. The van der Waals surface area contributed by atoms with E-state index in [2.05, 4.69) is 20.2 Å². The zero-order chi connectivity index (χ0) is 16.3. The number of thiophene rings is 1. The Hall–Kier alpha value is -2.42. The molecule has 4 aromatic rings. The highest BCUT2D eigenvalue weighted by atomic mass is 32.1. The van der Waals surface area contributed by atoms with Gasteiger partial charge in [-0.3, -0.25) is 0 Å². The molecule has 0 N–H and O–H groups in total. The van der Waals surface area contributed by atoms with Crippen LogP contribution in [0.4, 0.5) is 8.78 Å². The van der Waals surface area contributed by atoms with Crippen LogP contribution in [0.2, 0.25) is 0 Å². The molecule has 1 aliphatic rings. The average Bonchev–Trinajstić information content (AvgIpc) is 3.28. The SMILES string of the molecule is FC(F)n1nccc1-c1nc2c3c4c(sc3ncn2n1)CCCC4. The van der Waals surface area contributed by atoms with Crippen molar-refractivity contribution in [1.82, 2.24) is 29.4 Å². The monoisotopic (exact) mass is 346 g/mol. The standard InChI is InChI=1S/C15H12F2N6S/c16-15(17)23-9(5-6-19-23)12-20-13-11-8-3-1-2-4-10(8)24-14(11)18-7-22(13)21-12/h5-7,15H,1-4H2. The van der Waals surface area contributed by atoms with E-state index in [0.717, 1.165) is 29.5 Å². The van der Waals surface area contributed by atoms with Crippen LogP contribution in [-0.4, -0.2) is 29.4 Å². The Morgan fingerprint density at radius 3 is 2.96 bits per heavy atom. The van der Waals surface area contributed by atoms with Crippen LogP contribution in [0.1, 0.15) is 29.8 Å². The number of hydrogen-bond donors (Lipinski definition) is 0. The number of alkyl halides is 2. The number of hydrogen-bond acceptors (Lipinski definition) is 5. The maximum Gasteiger partial charge on any atom is 0.333 e. The lowest BCUT2D eigenvalue weighted by Crippen LogP contribution is -2.03. The van der Waals surface area contributed by atoms with Crippen molar-refractivity contribution in [3.05, 3.63) is 29.0 Å². The normalized spacial score (nSPS) is 14.8. The Morgan fingerprint density at radius 2 is 2.08 bits per heavy atom. The summed E-state index contributed by atoms with van der Waals surface area (Å²) in [4.78, 5) is 11.3. The van der Waals surface area contributed by atoms with E-state index in [1.54, 1.807) is 22.2 Å². The van der Waals surface area contributed by atoms with Crippen LogP contribution in [0.15, 0.2) is 18.6 Å². The van der Waals surface area contributed by atoms with Gasteiger partial charge in [-0.2, -0.15) is 13.9 Å². The van der Waals surface area contributed by atoms with Crippen LogP contribution in [0, 0.1) is 0 Å². The van der Waals surface area contributed by atoms with Gasteiger partial charge in [-0.15, -0.1) is 16.4 Å². The third-order valence-corrected chi connectivity index (χ3v) is 5.58. The molecule has 0 radical (unpaired) electrons. The summed E-state index contributed by atoms with van der Waals surface area (Å²) in [5, 5.41) is 8.99. The quantitative estimate of drug-likeness (QED) is 0.557. The molecule has 4 heterocycles. The minimum Gasteiger partial charge on any atom is -0.225 e. The van der Waals surface area contributed by atoms with E-state index in [1.165, 1.54) is 29.1 Å². The van der Waals surface area contributed by atoms with Gasteiger partial charge in [-0.25, -0.2) is 19.2 Å². The third-order valence-electron chi connectivity index (χ3n) is 4.38. The van der Waals surface area contributed by atoms with Crippen LogP contribution in [-0.2, 0) is 12.8 Å². The molecular formula is C15H12F2N6S. The molecule has 0 bridgehead atoms. The number of nitrogens with zero attached hydrogens (tertiary/aromatic N) is 6. The van der Waals surface area contributed by atoms with E-state index in [-0.39, 0.29) is 11.5 Å². The Balaban J connectivity index is 1.77. The number of aromatic nitrogens is 6. The first kappa shape index (κ1) is 14.0. The van der Waals surface area contributed by atoms with Crippen LogP contribution in [0.25, 0.3) is 27.4 Å². The molecule has 6 nitrogen and oxygen atoms in total. The van der Waals surface area contributed by atoms with Gasteiger partial charge in [0.2, 0.25) is 5.82 Å². The molecule has 1 aliphatic carbocycles. The van der Waals surface area contributed by atoms with Gasteiger partial charge in [0.1, 0.15) is 16.9 Å². The summed E-state index contributed by atoms with van der Waals surface area (Å²) in [5.74, 6) is 0.234. The number of fused-ring (bicyclic) bond motifs is 5. The topological polar surface area (TPSA) is 60.9 Å². The van der Waals surface area contributed by atoms with Crippen molar-refractivity contribution in [1.29, 1.82) is 0 Å². The average molecular weight is 346 g/mol. The molecule has 4 aromatic heterocycles. The maximum atomic E-state index is 13.1. The van der Waals surface area contributed by atoms with Gasteiger partial charge in [0.25, 0.3) is 0 Å². The van der Waals surface area contributed by atoms with E-state index in [9.17, 15) is 8.78 Å². The molecule has 9 heteroatoms. The largest absolute Gasteiger partial charge is 0.333 e. The molecule has 0 spiro atoms. The Morgan fingerprint density at radius 1 is 1.21 bits per heavy atom. The molecule has 0 saturated heterocycles. The van der Waals surface area contributed by atoms with E-state index in [0.29, 0.717) is 10.3 Å². The predicted octanol–water partition coefficient (Wildman–Crippen LogP) is 3.48. The third kappa shape index (κ3) is 1.90. The summed E-state index contributed by atoms with van der Waals surface area (Å²) < 4.78 is 28.3. The van der Waals surface area contributed by atoms with Crippen molar-refractivity contribution < 1.29 is 8.78 Å². The Labute approximate surface area is 138 Å². The fourth-order valence-corrected chi connectivity index (χ4v) is 4.53. The first-order valence-corrected chi connectivity index (χ1v) is 8.51. The van der Waals surface area contributed by atoms with Gasteiger partial charge in [-0.05, 0) is 37.3 Å². The molecule has 0 saturated carbocycles. The lowest BCUT2D eigenvalue weighted by Gasteiger charge is -2.09. The molecule has 0 atom stereocenters. The Bertz CT molecular complexity index is 1060. The zero-order valence-corrected chi connectivity index (χ0v) is 13.3. The van der Waals surface area contributed by atoms with Crippen molar-refractivity contribution in [3.63, 3.8) is 0 Å². The number of aryl methyl sites for hydroxylation is 2. The van der Waals surface area contributed by atoms with Gasteiger partial charge in [0.05, 0.1) is 5.39 Å². The molecule has 122 valence electrons. The summed E-state index contributed by atoms with van der Waals surface area (Å²) in [5.41, 5.74) is 2.17. The van der Waals surface area contributed by atoms with Crippen molar-refractivity contribution in [2.75, 3.05) is 0 Å². The lowest BCUT2D eigenvalue weighted by molar-refractivity contribution is 0.0583. The first-order valence-electron chi connectivity index (χ1n) is 7.70. The fraction of sp³-hybridized carbons (Fsp3) is 0.333. The molecule has 0 unspecified atom stereocenters. The number of halogens is 2. The summed E-state index contributed by atoms with van der Waals surface area (Å²) in [6, 6.07) is 1.49. The second-order valence-corrected chi connectivity index (χ2v) is 6.86. The lowest BCUT2D eigenvalue weighted by atomic mass is 9.97. The highest BCUT2D eigenvalue weighted by Gasteiger charge is 2.22. The van der Waals surface area contributed by atoms with Crippen LogP contribution in [0.5, 0.6) is 0 Å². The van der Waals surface area contributed by atoms with Crippen LogP contribution >= 0.6 is 11.3 Å². The van der Waals surface area contributed by atoms with Crippen molar-refractivity contribution in [2.24, 2.45) is 0 Å². The smallest absolute Gasteiger partial charge is 0.225 e. The van der Waals surface area contributed by atoms with Crippen LogP contribution < -0.4 is 0 Å². The van der Waals surface area contributed by atoms with E-state index in [1.807, 2.05) is 0 Å². The van der Waals surface area contributed by atoms with Gasteiger partial charge in [0.15, 0.2) is 5.65 Å². The summed E-state index contributed by atoms with van der Waals surface area (Å²) in [7, 11) is 0. The van der Waals surface area contributed by atoms with E-state index >= 15 is 0 Å². The van der Waals surface area contributed by atoms with Gasteiger partial charge < -0.3 is 0 Å². The highest BCUT2D eigenvalue weighted by Crippen LogP contribution is 2.37. The minimum atomic E-state index is -2.73. The molecule has 0 aromatic carbocycles. The highest BCUT2D eigenvalue weighted by molar-refractivity contribution is 7.19. The van der Waals surface area contributed by atoms with E-state index in [4.69, 9.17) is 0 Å². The van der Waals surface area contributed by atoms with E-state index < -0.39 is 6.55 Å². The second-order valence-electron chi connectivity index (χ2n) is 5.78. The predicted molar refractivity (Wildman–Crippen MR) is 85.3 cm³/mol. The van der Waals surface area contributed by atoms with Crippen molar-refractivity contribution in [3.8, 4) is 11.5 Å². The summed E-state index contributed by atoms with van der Waals surface area (Å²) in [6.45, 7) is -2.73. The van der Waals surface area contributed by atoms with Gasteiger partial charge >= 0.3 is 6.55 Å². The molecule has 5 rings (SSSR count). The van der Waals surface area contributed by atoms with Crippen molar-refractivity contribution >= 4 is 27.2 Å². The zero-order valence-electron chi connectivity index (χ0n) is 12.5. The maximum absolute atomic E-state index is 13.1. The summed E-state index contributed by atoms with van der Waals surface area (Å²) in [6.07, 6.45) is 7.35. The Kier molecular flexibility index (Phi) is 2.93. The second kappa shape index (κ2) is 5.04.